The van der Waals surface area contributed by atoms with Gasteiger partial charge in [0.15, 0.2) is 0 Å². The molecule has 1 aromatic heterocycles. The normalized spacial score (nSPS) is 21.7. The lowest BCUT2D eigenvalue weighted by Crippen LogP contribution is -2.33. The van der Waals surface area contributed by atoms with E-state index in [0.29, 0.717) is 24.3 Å². The standard InChI is InChI=1S/C24H27ClN2O3/c1-15-9-23(27(2)26-15)17-5-3-16(4-6-17)10-19-11-18(7-8-22(19)25)24-13-20(29)12-21(14-28)30-24/h3-9,11,20-21,24,28-29H,10,12-14H2,1-2H3/t20?,21-,24+/m0/s1. The minimum atomic E-state index is -0.469. The molecule has 158 valence electrons. The fourth-order valence-electron chi connectivity index (χ4n) is 4.15. The van der Waals surface area contributed by atoms with Gasteiger partial charge in [0.1, 0.15) is 0 Å². The van der Waals surface area contributed by atoms with Crippen molar-refractivity contribution >= 4 is 11.6 Å². The summed E-state index contributed by atoms with van der Waals surface area (Å²) >= 11 is 6.48. The number of rotatable bonds is 5. The SMILES string of the molecule is Cc1cc(-c2ccc(Cc3cc([C@H]4CC(O)C[C@@H](CO)O4)ccc3Cl)cc2)n(C)n1. The molecule has 0 radical (unpaired) electrons. The number of hydrogen-bond donors (Lipinski definition) is 2. The Bertz CT molecular complexity index is 1020. The number of aliphatic hydroxyl groups is 2. The van der Waals surface area contributed by atoms with Crippen molar-refractivity contribution < 1.29 is 14.9 Å². The van der Waals surface area contributed by atoms with Crippen LogP contribution in [0.1, 0.15) is 41.3 Å². The molecule has 1 fully saturated rings. The van der Waals surface area contributed by atoms with Gasteiger partial charge in [0.25, 0.3) is 0 Å². The van der Waals surface area contributed by atoms with Gasteiger partial charge in [0.2, 0.25) is 0 Å². The van der Waals surface area contributed by atoms with Gasteiger partial charge in [0.05, 0.1) is 36.3 Å². The van der Waals surface area contributed by atoms with Crippen molar-refractivity contribution in [3.63, 3.8) is 0 Å². The molecule has 0 aliphatic carbocycles. The van der Waals surface area contributed by atoms with Gasteiger partial charge < -0.3 is 14.9 Å². The molecule has 3 atom stereocenters. The molecule has 1 aliphatic heterocycles. The third-order valence-corrected chi connectivity index (χ3v) is 6.04. The Morgan fingerprint density at radius 2 is 1.90 bits per heavy atom. The number of nitrogens with zero attached hydrogens (tertiary/aromatic N) is 2. The molecule has 0 saturated carbocycles. The molecule has 0 bridgehead atoms. The van der Waals surface area contributed by atoms with E-state index in [1.54, 1.807) is 0 Å². The first kappa shape index (κ1) is 21.1. The summed E-state index contributed by atoms with van der Waals surface area (Å²) in [5, 5.41) is 24.7. The van der Waals surface area contributed by atoms with Gasteiger partial charge in [-0.2, -0.15) is 5.10 Å². The zero-order chi connectivity index (χ0) is 21.3. The Balaban J connectivity index is 1.53. The van der Waals surface area contributed by atoms with Crippen molar-refractivity contribution in [3.05, 3.63) is 75.9 Å². The zero-order valence-corrected chi connectivity index (χ0v) is 18.0. The molecule has 3 aromatic rings. The summed E-state index contributed by atoms with van der Waals surface area (Å²) in [5.74, 6) is 0. The lowest BCUT2D eigenvalue weighted by molar-refractivity contribution is -0.113. The maximum atomic E-state index is 10.1. The Hall–Kier alpha value is -2.18. The number of aliphatic hydroxyl groups excluding tert-OH is 2. The van der Waals surface area contributed by atoms with Gasteiger partial charge in [-0.3, -0.25) is 4.68 Å². The fraction of sp³-hybridized carbons (Fsp3) is 0.375. The highest BCUT2D eigenvalue weighted by molar-refractivity contribution is 6.31. The van der Waals surface area contributed by atoms with E-state index in [1.165, 1.54) is 0 Å². The second-order valence-electron chi connectivity index (χ2n) is 8.07. The van der Waals surface area contributed by atoms with Crippen molar-refractivity contribution in [2.75, 3.05) is 6.61 Å². The predicted octanol–water partition coefficient (Wildman–Crippen LogP) is 4.21. The van der Waals surface area contributed by atoms with Gasteiger partial charge >= 0.3 is 0 Å². The molecule has 1 aliphatic rings. The predicted molar refractivity (Wildman–Crippen MR) is 118 cm³/mol. The first-order valence-electron chi connectivity index (χ1n) is 10.3. The number of aromatic nitrogens is 2. The Labute approximate surface area is 181 Å². The van der Waals surface area contributed by atoms with E-state index in [4.69, 9.17) is 16.3 Å². The maximum Gasteiger partial charge on any atom is 0.0854 e. The Morgan fingerprint density at radius 1 is 1.13 bits per heavy atom. The van der Waals surface area contributed by atoms with Crippen molar-refractivity contribution in [1.82, 2.24) is 9.78 Å². The monoisotopic (exact) mass is 426 g/mol. The van der Waals surface area contributed by atoms with E-state index >= 15 is 0 Å². The Morgan fingerprint density at radius 3 is 2.57 bits per heavy atom. The van der Waals surface area contributed by atoms with Gasteiger partial charge in [0, 0.05) is 24.9 Å². The van der Waals surface area contributed by atoms with Crippen molar-refractivity contribution in [2.45, 2.75) is 44.5 Å². The topological polar surface area (TPSA) is 67.5 Å². The molecule has 2 N–H and O–H groups in total. The Kier molecular flexibility index (Phi) is 6.25. The highest BCUT2D eigenvalue weighted by atomic mass is 35.5. The van der Waals surface area contributed by atoms with Crippen molar-refractivity contribution in [1.29, 1.82) is 0 Å². The van der Waals surface area contributed by atoms with Crippen LogP contribution in [0.4, 0.5) is 0 Å². The van der Waals surface area contributed by atoms with E-state index < -0.39 is 6.10 Å². The van der Waals surface area contributed by atoms with Gasteiger partial charge in [-0.1, -0.05) is 48.0 Å². The van der Waals surface area contributed by atoms with Crippen LogP contribution < -0.4 is 0 Å². The molecule has 0 amide bonds. The molecule has 1 saturated heterocycles. The lowest BCUT2D eigenvalue weighted by atomic mass is 9.94. The molecule has 2 heterocycles. The highest BCUT2D eigenvalue weighted by Crippen LogP contribution is 2.34. The smallest absolute Gasteiger partial charge is 0.0854 e. The minimum Gasteiger partial charge on any atom is -0.394 e. The first-order valence-corrected chi connectivity index (χ1v) is 10.6. The van der Waals surface area contributed by atoms with Gasteiger partial charge in [-0.25, -0.2) is 0 Å². The number of ether oxygens (including phenoxy) is 1. The number of halogens is 1. The summed E-state index contributed by atoms with van der Waals surface area (Å²) < 4.78 is 7.85. The second-order valence-corrected chi connectivity index (χ2v) is 8.48. The molecule has 5 nitrogen and oxygen atoms in total. The van der Waals surface area contributed by atoms with Crippen LogP contribution in [0.5, 0.6) is 0 Å². The number of benzene rings is 2. The summed E-state index contributed by atoms with van der Waals surface area (Å²) in [4.78, 5) is 0. The number of hydrogen-bond acceptors (Lipinski definition) is 4. The van der Waals surface area contributed by atoms with E-state index in [0.717, 1.165) is 33.6 Å². The van der Waals surface area contributed by atoms with Crippen LogP contribution >= 0.6 is 11.6 Å². The maximum absolute atomic E-state index is 10.1. The summed E-state index contributed by atoms with van der Waals surface area (Å²) in [7, 11) is 1.95. The highest BCUT2D eigenvalue weighted by Gasteiger charge is 2.29. The van der Waals surface area contributed by atoms with Crippen LogP contribution in [0, 0.1) is 6.92 Å². The van der Waals surface area contributed by atoms with Crippen molar-refractivity contribution in [3.8, 4) is 11.3 Å². The average molecular weight is 427 g/mol. The van der Waals surface area contributed by atoms with Gasteiger partial charge in [-0.05, 0) is 47.7 Å². The van der Waals surface area contributed by atoms with Crippen LogP contribution in [0.25, 0.3) is 11.3 Å². The third kappa shape index (κ3) is 4.60. The van der Waals surface area contributed by atoms with Crippen molar-refractivity contribution in [2.24, 2.45) is 7.05 Å². The van der Waals surface area contributed by atoms with E-state index in [9.17, 15) is 10.2 Å². The molecule has 0 spiro atoms. The summed E-state index contributed by atoms with van der Waals surface area (Å²) in [5.41, 5.74) is 6.37. The summed E-state index contributed by atoms with van der Waals surface area (Å²) in [6, 6.07) is 16.4. The van der Waals surface area contributed by atoms with Gasteiger partial charge in [-0.15, -0.1) is 0 Å². The van der Waals surface area contributed by atoms with E-state index in [-0.39, 0.29) is 18.8 Å². The van der Waals surface area contributed by atoms with Crippen LogP contribution in [0.3, 0.4) is 0 Å². The van der Waals surface area contributed by atoms with Crippen LogP contribution in [-0.2, 0) is 18.2 Å². The fourth-order valence-corrected chi connectivity index (χ4v) is 4.33. The number of aryl methyl sites for hydroxylation is 2. The van der Waals surface area contributed by atoms with Crippen LogP contribution in [0.2, 0.25) is 5.02 Å². The van der Waals surface area contributed by atoms with E-state index in [2.05, 4.69) is 41.5 Å². The van der Waals surface area contributed by atoms with Crippen LogP contribution in [0.15, 0.2) is 48.5 Å². The quantitative estimate of drug-likeness (QED) is 0.641. The summed E-state index contributed by atoms with van der Waals surface area (Å²) in [6.07, 6.45) is 0.657. The molecule has 2 aromatic carbocycles. The van der Waals surface area contributed by atoms with Crippen LogP contribution in [-0.4, -0.2) is 38.8 Å². The van der Waals surface area contributed by atoms with E-state index in [1.807, 2.05) is 30.8 Å². The lowest BCUT2D eigenvalue weighted by Gasteiger charge is -2.32. The largest absolute Gasteiger partial charge is 0.394 e. The molecular formula is C24H27ClN2O3. The third-order valence-electron chi connectivity index (χ3n) is 5.67. The molecule has 6 heteroatoms. The second kappa shape index (κ2) is 8.90. The summed E-state index contributed by atoms with van der Waals surface area (Å²) in [6.45, 7) is 1.90. The molecule has 30 heavy (non-hydrogen) atoms. The zero-order valence-electron chi connectivity index (χ0n) is 17.3. The molecule has 4 rings (SSSR count). The minimum absolute atomic E-state index is 0.0868. The average Bonchev–Trinajstić information content (AvgIpc) is 3.07. The molecular weight excluding hydrogens is 400 g/mol. The first-order chi connectivity index (χ1) is 14.4. The molecule has 1 unspecified atom stereocenters.